The van der Waals surface area contributed by atoms with E-state index in [-0.39, 0.29) is 30.2 Å². The maximum Gasteiger partial charge on any atom is 0.344 e. The van der Waals surface area contributed by atoms with Crippen LogP contribution in [0.3, 0.4) is 0 Å². The van der Waals surface area contributed by atoms with Crippen molar-refractivity contribution in [1.29, 1.82) is 0 Å². The number of hydrogen-bond donors (Lipinski definition) is 1. The van der Waals surface area contributed by atoms with Crippen LogP contribution in [-0.2, 0) is 9.53 Å². The van der Waals surface area contributed by atoms with Crippen molar-refractivity contribution in [2.75, 3.05) is 19.8 Å². The van der Waals surface area contributed by atoms with Crippen LogP contribution in [0, 0.1) is 0 Å². The molecule has 0 spiro atoms. The lowest BCUT2D eigenvalue weighted by molar-refractivity contribution is -0.145. The van der Waals surface area contributed by atoms with Crippen molar-refractivity contribution >= 4 is 5.97 Å². The lowest BCUT2D eigenvalue weighted by atomic mass is 9.76. The lowest BCUT2D eigenvalue weighted by Gasteiger charge is -2.34. The number of aromatic hydroxyl groups is 1. The minimum absolute atomic E-state index is 0.0161. The van der Waals surface area contributed by atoms with Gasteiger partial charge < -0.3 is 19.3 Å². The van der Waals surface area contributed by atoms with Gasteiger partial charge in [-0.15, -0.1) is 0 Å². The maximum atomic E-state index is 11.5. The molecule has 0 aromatic heterocycles. The average molecular weight is 404 g/mol. The van der Waals surface area contributed by atoms with Gasteiger partial charge in [-0.3, -0.25) is 0 Å². The number of rotatable bonds is 6. The average Bonchev–Trinajstić information content (AvgIpc) is 2.78. The third kappa shape index (κ3) is 4.25. The number of ether oxygens (including phenoxy) is 3. The molecule has 1 N–H and O–H groups in total. The summed E-state index contributed by atoms with van der Waals surface area (Å²) in [7, 11) is 0. The molecule has 0 aliphatic carbocycles. The van der Waals surface area contributed by atoms with Crippen molar-refractivity contribution in [3.63, 3.8) is 0 Å². The molecule has 30 heavy (non-hydrogen) atoms. The highest BCUT2D eigenvalue weighted by atomic mass is 16.6. The Labute approximate surface area is 175 Å². The topological polar surface area (TPSA) is 65.0 Å². The normalized spacial score (nSPS) is 17.5. The van der Waals surface area contributed by atoms with Gasteiger partial charge in [-0.1, -0.05) is 42.5 Å². The van der Waals surface area contributed by atoms with Crippen molar-refractivity contribution in [3.8, 4) is 17.2 Å². The first kappa shape index (κ1) is 19.8. The fraction of sp³-hybridized carbons (Fsp3) is 0.240. The van der Waals surface area contributed by atoms with Crippen LogP contribution in [0.4, 0.5) is 0 Å². The highest BCUT2D eigenvalue weighted by molar-refractivity contribution is 5.71. The molecule has 5 heteroatoms. The van der Waals surface area contributed by atoms with Crippen LogP contribution in [0.2, 0.25) is 0 Å². The molecule has 5 nitrogen and oxygen atoms in total. The molecule has 2 atom stereocenters. The lowest BCUT2D eigenvalue weighted by Crippen LogP contribution is -2.25. The molecule has 0 saturated carbocycles. The van der Waals surface area contributed by atoms with Crippen LogP contribution in [0.1, 0.15) is 35.4 Å². The summed E-state index contributed by atoms with van der Waals surface area (Å²) < 4.78 is 16.4. The second-order valence-corrected chi connectivity index (χ2v) is 7.19. The Hall–Kier alpha value is -3.47. The second kappa shape index (κ2) is 8.91. The zero-order valence-corrected chi connectivity index (χ0v) is 16.8. The van der Waals surface area contributed by atoms with Gasteiger partial charge in [-0.25, -0.2) is 4.79 Å². The first-order valence-corrected chi connectivity index (χ1v) is 10.0. The van der Waals surface area contributed by atoms with E-state index in [1.807, 2.05) is 48.5 Å². The summed E-state index contributed by atoms with van der Waals surface area (Å²) in [6, 6.07) is 23.2. The van der Waals surface area contributed by atoms with E-state index in [1.165, 1.54) is 5.56 Å². The molecule has 1 unspecified atom stereocenters. The van der Waals surface area contributed by atoms with E-state index in [0.29, 0.717) is 19.0 Å². The zero-order valence-electron chi connectivity index (χ0n) is 16.8. The molecule has 0 saturated heterocycles. The number of fused-ring (bicyclic) bond motifs is 1. The summed E-state index contributed by atoms with van der Waals surface area (Å²) in [6.07, 6.45) is 0. The van der Waals surface area contributed by atoms with E-state index in [9.17, 15) is 9.90 Å². The van der Waals surface area contributed by atoms with Crippen molar-refractivity contribution < 1.29 is 24.1 Å². The van der Waals surface area contributed by atoms with E-state index in [0.717, 1.165) is 16.9 Å². The fourth-order valence-corrected chi connectivity index (χ4v) is 3.92. The largest absolute Gasteiger partial charge is 0.508 e. The highest BCUT2D eigenvalue weighted by Gasteiger charge is 2.33. The Bertz CT molecular complexity index is 998. The van der Waals surface area contributed by atoms with Crippen molar-refractivity contribution in [2.24, 2.45) is 0 Å². The molecule has 3 aromatic rings. The molecule has 1 aliphatic rings. The maximum absolute atomic E-state index is 11.5. The predicted molar refractivity (Wildman–Crippen MR) is 113 cm³/mol. The summed E-state index contributed by atoms with van der Waals surface area (Å²) in [4.78, 5) is 11.5. The molecule has 1 heterocycles. The number of esters is 1. The molecule has 154 valence electrons. The van der Waals surface area contributed by atoms with Gasteiger partial charge in [-0.2, -0.15) is 0 Å². The second-order valence-electron chi connectivity index (χ2n) is 7.19. The monoisotopic (exact) mass is 404 g/mol. The molecule has 3 aromatic carbocycles. The molecule has 0 bridgehead atoms. The highest BCUT2D eigenvalue weighted by Crippen LogP contribution is 2.47. The van der Waals surface area contributed by atoms with Crippen LogP contribution >= 0.6 is 0 Å². The molecule has 1 aliphatic heterocycles. The molecule has 0 fully saturated rings. The van der Waals surface area contributed by atoms with E-state index in [2.05, 4.69) is 12.1 Å². The van der Waals surface area contributed by atoms with Crippen molar-refractivity contribution in [3.05, 3.63) is 89.5 Å². The molecule has 0 radical (unpaired) electrons. The van der Waals surface area contributed by atoms with Gasteiger partial charge in [-0.05, 0) is 48.4 Å². The Morgan fingerprint density at radius 3 is 2.53 bits per heavy atom. The van der Waals surface area contributed by atoms with Gasteiger partial charge in [0.05, 0.1) is 13.2 Å². The third-order valence-corrected chi connectivity index (χ3v) is 5.28. The van der Waals surface area contributed by atoms with Gasteiger partial charge in [0.1, 0.15) is 17.2 Å². The SMILES string of the molecule is CCOC(=O)COc1ccc(C2c3cc(O)ccc3OC[C@@H]2c2ccccc2)cc1. The van der Waals surface area contributed by atoms with E-state index in [4.69, 9.17) is 14.2 Å². The van der Waals surface area contributed by atoms with Gasteiger partial charge in [0, 0.05) is 17.4 Å². The molecule has 4 rings (SSSR count). The molecular formula is C25H24O5. The Morgan fingerprint density at radius 1 is 1.03 bits per heavy atom. The quantitative estimate of drug-likeness (QED) is 0.606. The predicted octanol–water partition coefficient (Wildman–Crippen LogP) is 4.64. The van der Waals surface area contributed by atoms with Crippen LogP contribution < -0.4 is 9.47 Å². The van der Waals surface area contributed by atoms with Crippen LogP contribution in [0.5, 0.6) is 17.2 Å². The summed E-state index contributed by atoms with van der Waals surface area (Å²) in [5.74, 6) is 1.33. The van der Waals surface area contributed by atoms with Gasteiger partial charge in [0.25, 0.3) is 0 Å². The van der Waals surface area contributed by atoms with Gasteiger partial charge in [0.2, 0.25) is 0 Å². The number of carbonyl (C=O) groups excluding carboxylic acids is 1. The first-order chi connectivity index (χ1) is 14.7. The minimum atomic E-state index is -0.389. The Balaban J connectivity index is 1.65. The number of phenols is 1. The van der Waals surface area contributed by atoms with E-state index in [1.54, 1.807) is 19.1 Å². The van der Waals surface area contributed by atoms with E-state index < -0.39 is 0 Å². The van der Waals surface area contributed by atoms with Crippen LogP contribution in [0.15, 0.2) is 72.8 Å². The fourth-order valence-electron chi connectivity index (χ4n) is 3.92. The van der Waals surface area contributed by atoms with Crippen molar-refractivity contribution in [2.45, 2.75) is 18.8 Å². The smallest absolute Gasteiger partial charge is 0.344 e. The first-order valence-electron chi connectivity index (χ1n) is 10.0. The number of benzene rings is 3. The summed E-state index contributed by atoms with van der Waals surface area (Å²) >= 11 is 0. The minimum Gasteiger partial charge on any atom is -0.508 e. The van der Waals surface area contributed by atoms with E-state index >= 15 is 0 Å². The Kier molecular flexibility index (Phi) is 5.89. The molecule has 0 amide bonds. The van der Waals surface area contributed by atoms with Crippen LogP contribution in [0.25, 0.3) is 0 Å². The Morgan fingerprint density at radius 2 is 1.80 bits per heavy atom. The number of hydrogen-bond acceptors (Lipinski definition) is 5. The third-order valence-electron chi connectivity index (χ3n) is 5.28. The standard InChI is InChI=1S/C25H24O5/c1-2-28-24(27)16-29-20-11-8-18(9-12-20)25-21-14-19(26)10-13-23(21)30-15-22(25)17-6-4-3-5-7-17/h3-14,22,25-26H,2,15-16H2,1H3/t22-,25?/m1/s1. The number of carbonyl (C=O) groups is 1. The van der Waals surface area contributed by atoms with Gasteiger partial charge in [0.15, 0.2) is 6.61 Å². The van der Waals surface area contributed by atoms with Gasteiger partial charge >= 0.3 is 5.97 Å². The molecular weight excluding hydrogens is 380 g/mol. The zero-order chi connectivity index (χ0) is 20.9. The number of phenolic OH excluding ortho intramolecular Hbond substituents is 1. The summed E-state index contributed by atoms with van der Waals surface area (Å²) in [6.45, 7) is 2.53. The van der Waals surface area contributed by atoms with Crippen molar-refractivity contribution in [1.82, 2.24) is 0 Å². The summed E-state index contributed by atoms with van der Waals surface area (Å²) in [5, 5.41) is 10.1. The van der Waals surface area contributed by atoms with Crippen LogP contribution in [-0.4, -0.2) is 30.9 Å². The summed E-state index contributed by atoms with van der Waals surface area (Å²) in [5.41, 5.74) is 3.22.